The normalized spacial score (nSPS) is 20.8. The van der Waals surface area contributed by atoms with Crippen LogP contribution in [0.25, 0.3) is 0 Å². The highest BCUT2D eigenvalue weighted by Gasteiger charge is 2.19. The standard InChI is InChI=1S/C15H30N2O.C2H6.H2/c1-5-14(4)7-6-8-17-9-10-18-15(12-17)11-16-13(2)3;1-2;/h14-16H,2,5-12H2,1,3-4H3;1-2H3;1H/t14?,15-;;/m1../s1. The molecule has 1 unspecified atom stereocenters. The summed E-state index contributed by atoms with van der Waals surface area (Å²) in [7, 11) is 0. The fraction of sp³-hybridized carbons (Fsp3) is 0.882. The van der Waals surface area contributed by atoms with Crippen molar-refractivity contribution in [2.45, 2.75) is 60.0 Å². The summed E-state index contributed by atoms with van der Waals surface area (Å²) in [6.07, 6.45) is 4.28. The number of nitrogens with one attached hydrogen (secondary N) is 1. The fourth-order valence-corrected chi connectivity index (χ4v) is 2.26. The molecule has 3 heteroatoms. The summed E-state index contributed by atoms with van der Waals surface area (Å²) in [5.41, 5.74) is 1.02. The van der Waals surface area contributed by atoms with Crippen molar-refractivity contribution in [2.24, 2.45) is 5.92 Å². The molecule has 0 amide bonds. The van der Waals surface area contributed by atoms with Crippen LogP contribution in [-0.4, -0.2) is 43.8 Å². The molecule has 0 radical (unpaired) electrons. The summed E-state index contributed by atoms with van der Waals surface area (Å²) < 4.78 is 5.76. The van der Waals surface area contributed by atoms with Gasteiger partial charge in [0.2, 0.25) is 0 Å². The van der Waals surface area contributed by atoms with Crippen LogP contribution in [0.4, 0.5) is 0 Å². The van der Waals surface area contributed by atoms with Gasteiger partial charge in [0.15, 0.2) is 0 Å². The van der Waals surface area contributed by atoms with Gasteiger partial charge >= 0.3 is 0 Å². The van der Waals surface area contributed by atoms with Crippen molar-refractivity contribution in [2.75, 3.05) is 32.8 Å². The van der Waals surface area contributed by atoms with Crippen molar-refractivity contribution in [3.8, 4) is 0 Å². The Labute approximate surface area is 128 Å². The van der Waals surface area contributed by atoms with E-state index < -0.39 is 0 Å². The minimum absolute atomic E-state index is 0. The first kappa shape index (κ1) is 19.5. The molecule has 1 fully saturated rings. The van der Waals surface area contributed by atoms with Crippen LogP contribution in [0.2, 0.25) is 0 Å². The Balaban J connectivity index is 0. The van der Waals surface area contributed by atoms with E-state index in [0.717, 1.165) is 37.9 Å². The third kappa shape index (κ3) is 9.38. The highest BCUT2D eigenvalue weighted by Crippen LogP contribution is 2.11. The molecule has 0 aromatic carbocycles. The van der Waals surface area contributed by atoms with Gasteiger partial charge in [-0.3, -0.25) is 4.90 Å². The molecule has 1 rings (SSSR count). The molecular formula is C17H38N2O. The molecule has 20 heavy (non-hydrogen) atoms. The Bertz CT molecular complexity index is 249. The number of nitrogens with zero attached hydrogens (tertiary/aromatic N) is 1. The van der Waals surface area contributed by atoms with Gasteiger partial charge in [-0.05, 0) is 32.2 Å². The summed E-state index contributed by atoms with van der Waals surface area (Å²) >= 11 is 0. The molecule has 0 aromatic rings. The first-order chi connectivity index (χ1) is 9.61. The maximum Gasteiger partial charge on any atom is 0.0874 e. The van der Waals surface area contributed by atoms with Crippen molar-refractivity contribution in [1.29, 1.82) is 0 Å². The van der Waals surface area contributed by atoms with Crippen LogP contribution in [0.1, 0.15) is 55.3 Å². The van der Waals surface area contributed by atoms with Crippen LogP contribution >= 0.6 is 0 Å². The smallest absolute Gasteiger partial charge is 0.0874 e. The number of ether oxygens (including phenoxy) is 1. The molecule has 3 nitrogen and oxygen atoms in total. The van der Waals surface area contributed by atoms with E-state index in [1.54, 1.807) is 0 Å². The molecule has 0 aliphatic carbocycles. The van der Waals surface area contributed by atoms with E-state index in [1.165, 1.54) is 25.8 Å². The summed E-state index contributed by atoms with van der Waals surface area (Å²) in [5.74, 6) is 0.868. The molecule has 2 atom stereocenters. The third-order valence-corrected chi connectivity index (χ3v) is 3.72. The van der Waals surface area contributed by atoms with Gasteiger partial charge in [0.05, 0.1) is 12.7 Å². The van der Waals surface area contributed by atoms with Crippen molar-refractivity contribution >= 4 is 0 Å². The zero-order valence-corrected chi connectivity index (χ0v) is 14.4. The lowest BCUT2D eigenvalue weighted by atomic mass is 10.0. The van der Waals surface area contributed by atoms with E-state index in [2.05, 4.69) is 30.6 Å². The number of hydrogen-bond donors (Lipinski definition) is 1. The molecule has 0 saturated carbocycles. The van der Waals surface area contributed by atoms with Crippen LogP contribution < -0.4 is 5.32 Å². The fourth-order valence-electron chi connectivity index (χ4n) is 2.26. The predicted molar refractivity (Wildman–Crippen MR) is 91.1 cm³/mol. The second-order valence-corrected chi connectivity index (χ2v) is 5.61. The molecule has 1 aliphatic rings. The molecule has 0 bridgehead atoms. The second-order valence-electron chi connectivity index (χ2n) is 5.61. The molecule has 1 N–H and O–H groups in total. The molecule has 1 saturated heterocycles. The van der Waals surface area contributed by atoms with Crippen molar-refractivity contribution in [3.05, 3.63) is 12.3 Å². The van der Waals surface area contributed by atoms with Crippen LogP contribution in [-0.2, 0) is 4.74 Å². The monoisotopic (exact) mass is 286 g/mol. The number of rotatable bonds is 8. The maximum absolute atomic E-state index is 5.76. The number of hydrogen-bond acceptors (Lipinski definition) is 3. The number of morpholine rings is 1. The van der Waals surface area contributed by atoms with Gasteiger partial charge in [-0.15, -0.1) is 0 Å². The van der Waals surface area contributed by atoms with E-state index in [-0.39, 0.29) is 1.43 Å². The van der Waals surface area contributed by atoms with Gasteiger partial charge in [-0.25, -0.2) is 0 Å². The Morgan fingerprint density at radius 3 is 2.80 bits per heavy atom. The lowest BCUT2D eigenvalue weighted by molar-refractivity contribution is -0.0266. The van der Waals surface area contributed by atoms with E-state index in [4.69, 9.17) is 4.74 Å². The Morgan fingerprint density at radius 2 is 2.20 bits per heavy atom. The first-order valence-electron chi connectivity index (χ1n) is 8.35. The van der Waals surface area contributed by atoms with Gasteiger partial charge < -0.3 is 10.1 Å². The molecule has 0 spiro atoms. The van der Waals surface area contributed by atoms with Gasteiger partial charge in [-0.2, -0.15) is 0 Å². The van der Waals surface area contributed by atoms with Crippen LogP contribution in [0.15, 0.2) is 12.3 Å². The van der Waals surface area contributed by atoms with E-state index in [0.29, 0.717) is 6.10 Å². The van der Waals surface area contributed by atoms with Gasteiger partial charge in [0.25, 0.3) is 0 Å². The largest absolute Gasteiger partial charge is 0.386 e. The molecule has 122 valence electrons. The average Bonchev–Trinajstić information content (AvgIpc) is 2.47. The highest BCUT2D eigenvalue weighted by atomic mass is 16.5. The van der Waals surface area contributed by atoms with E-state index in [1.807, 2.05) is 20.8 Å². The minimum atomic E-state index is 0. The van der Waals surface area contributed by atoms with Gasteiger partial charge in [0.1, 0.15) is 0 Å². The summed E-state index contributed by atoms with van der Waals surface area (Å²) in [4.78, 5) is 2.54. The zero-order valence-electron chi connectivity index (χ0n) is 14.4. The van der Waals surface area contributed by atoms with Crippen LogP contribution in [0, 0.1) is 5.92 Å². The van der Waals surface area contributed by atoms with E-state index in [9.17, 15) is 0 Å². The quantitative estimate of drug-likeness (QED) is 0.732. The van der Waals surface area contributed by atoms with Crippen molar-refractivity contribution in [3.63, 3.8) is 0 Å². The van der Waals surface area contributed by atoms with E-state index >= 15 is 0 Å². The molecule has 0 aromatic heterocycles. The number of allylic oxidation sites excluding steroid dienone is 1. The average molecular weight is 287 g/mol. The van der Waals surface area contributed by atoms with Crippen LogP contribution in [0.3, 0.4) is 0 Å². The van der Waals surface area contributed by atoms with Gasteiger partial charge in [-0.1, -0.05) is 40.7 Å². The second kappa shape index (κ2) is 12.2. The Hall–Kier alpha value is -0.540. The predicted octanol–water partition coefficient (Wildman–Crippen LogP) is 3.91. The lowest BCUT2D eigenvalue weighted by Crippen LogP contribution is -2.46. The third-order valence-electron chi connectivity index (χ3n) is 3.72. The topological polar surface area (TPSA) is 24.5 Å². The zero-order chi connectivity index (χ0) is 15.4. The maximum atomic E-state index is 5.76. The lowest BCUT2D eigenvalue weighted by Gasteiger charge is -2.33. The molecule has 1 heterocycles. The molecular weight excluding hydrogens is 248 g/mol. The summed E-state index contributed by atoms with van der Waals surface area (Å²) in [6.45, 7) is 19.6. The summed E-state index contributed by atoms with van der Waals surface area (Å²) in [5, 5.41) is 3.27. The molecule has 1 aliphatic heterocycles. The SMILES string of the molecule is C=C(C)NC[C@@H]1CN(CCCC(C)CC)CCO1.CC.[HH]. The van der Waals surface area contributed by atoms with Crippen molar-refractivity contribution in [1.82, 2.24) is 10.2 Å². The summed E-state index contributed by atoms with van der Waals surface area (Å²) in [6, 6.07) is 0. The van der Waals surface area contributed by atoms with Gasteiger partial charge in [0, 0.05) is 26.8 Å². The van der Waals surface area contributed by atoms with Crippen molar-refractivity contribution < 1.29 is 6.16 Å². The first-order valence-corrected chi connectivity index (χ1v) is 8.35. The highest BCUT2D eigenvalue weighted by molar-refractivity contribution is 4.86. The Kier molecular flexibility index (Phi) is 11.9. The Morgan fingerprint density at radius 1 is 1.50 bits per heavy atom. The minimum Gasteiger partial charge on any atom is -0.386 e. The van der Waals surface area contributed by atoms with Crippen LogP contribution in [0.5, 0.6) is 0 Å².